The maximum absolute atomic E-state index is 6.33. The Bertz CT molecular complexity index is 3140. The summed E-state index contributed by atoms with van der Waals surface area (Å²) in [7, 11) is 0. The molecule has 0 amide bonds. The molecule has 0 bridgehead atoms. The van der Waals surface area contributed by atoms with E-state index >= 15 is 0 Å². The Labute approximate surface area is 321 Å². The molecule has 11 aromatic rings. The topological polar surface area (TPSA) is 80.8 Å². The Hall–Kier alpha value is -7.77. The molecule has 6 heterocycles. The van der Waals surface area contributed by atoms with Crippen LogP contribution in [0.2, 0.25) is 0 Å². The second-order valence-electron chi connectivity index (χ2n) is 13.8. The predicted molar refractivity (Wildman–Crippen MR) is 226 cm³/mol. The van der Waals surface area contributed by atoms with Crippen LogP contribution in [-0.2, 0) is 0 Å². The Morgan fingerprint density at radius 3 is 1.68 bits per heavy atom. The number of anilines is 3. The van der Waals surface area contributed by atoms with Gasteiger partial charge in [-0.15, -0.1) is 0 Å². The van der Waals surface area contributed by atoms with Gasteiger partial charge in [-0.2, -0.15) is 0 Å². The first kappa shape index (κ1) is 31.7. The Balaban J connectivity index is 0.987. The molecule has 7 nitrogen and oxygen atoms in total. The van der Waals surface area contributed by atoms with E-state index in [0.29, 0.717) is 0 Å². The first-order chi connectivity index (χ1) is 27.7. The molecule has 0 saturated heterocycles. The smallest absolute Gasteiger partial charge is 0.161 e. The van der Waals surface area contributed by atoms with Crippen molar-refractivity contribution >= 4 is 71.6 Å². The zero-order valence-corrected chi connectivity index (χ0v) is 29.9. The van der Waals surface area contributed by atoms with Gasteiger partial charge >= 0.3 is 0 Å². The summed E-state index contributed by atoms with van der Waals surface area (Å²) in [5.41, 5.74) is 12.2. The van der Waals surface area contributed by atoms with E-state index in [9.17, 15) is 0 Å². The van der Waals surface area contributed by atoms with Gasteiger partial charge in [-0.25, -0.2) is 9.97 Å². The summed E-state index contributed by atoms with van der Waals surface area (Å²) in [6, 6.07) is 52.7. The van der Waals surface area contributed by atoms with Gasteiger partial charge in [0, 0.05) is 73.9 Å². The van der Waals surface area contributed by atoms with Crippen molar-refractivity contribution in [2.24, 2.45) is 0 Å². The lowest BCUT2D eigenvalue weighted by molar-refractivity contribution is 0.668. The molecule has 5 aromatic carbocycles. The van der Waals surface area contributed by atoms with E-state index in [0.717, 1.165) is 105 Å². The fraction of sp³-hybridized carbons (Fsp3) is 0. The summed E-state index contributed by atoms with van der Waals surface area (Å²) in [5.74, 6) is 0. The highest BCUT2D eigenvalue weighted by atomic mass is 16.3. The minimum Gasteiger partial charge on any atom is -0.454 e. The van der Waals surface area contributed by atoms with Crippen molar-refractivity contribution in [3.8, 4) is 33.8 Å². The molecule has 0 aliphatic carbocycles. The van der Waals surface area contributed by atoms with Crippen LogP contribution in [0.4, 0.5) is 17.1 Å². The number of pyridine rings is 5. The minimum absolute atomic E-state index is 0.800. The monoisotopic (exact) mass is 718 g/mol. The zero-order valence-electron chi connectivity index (χ0n) is 29.9. The molecule has 0 atom stereocenters. The number of aromatic nitrogens is 5. The molecule has 0 unspecified atom stereocenters. The lowest BCUT2D eigenvalue weighted by Crippen LogP contribution is -2.10. The van der Waals surface area contributed by atoms with Crippen molar-refractivity contribution in [1.82, 2.24) is 24.9 Å². The summed E-state index contributed by atoms with van der Waals surface area (Å²) in [5, 5.41) is 6.52. The van der Waals surface area contributed by atoms with Crippen molar-refractivity contribution in [3.63, 3.8) is 0 Å². The Morgan fingerprint density at radius 2 is 1.00 bits per heavy atom. The van der Waals surface area contributed by atoms with Crippen molar-refractivity contribution in [3.05, 3.63) is 183 Å². The number of furan rings is 1. The normalized spacial score (nSPS) is 11.6. The summed E-state index contributed by atoms with van der Waals surface area (Å²) in [6.45, 7) is 0. The quantitative estimate of drug-likeness (QED) is 0.169. The molecule has 0 fully saturated rings. The van der Waals surface area contributed by atoms with Gasteiger partial charge in [0.05, 0.1) is 34.8 Å². The van der Waals surface area contributed by atoms with Gasteiger partial charge in [0.1, 0.15) is 11.3 Å². The molecule has 56 heavy (non-hydrogen) atoms. The molecule has 0 radical (unpaired) electrons. The van der Waals surface area contributed by atoms with Gasteiger partial charge in [-0.1, -0.05) is 72.8 Å². The summed E-state index contributed by atoms with van der Waals surface area (Å²) >= 11 is 0. The second-order valence-corrected chi connectivity index (χ2v) is 13.8. The van der Waals surface area contributed by atoms with E-state index in [1.165, 1.54) is 0 Å². The van der Waals surface area contributed by atoms with E-state index in [2.05, 4.69) is 130 Å². The highest BCUT2D eigenvalue weighted by Gasteiger charge is 2.17. The highest BCUT2D eigenvalue weighted by Crippen LogP contribution is 2.40. The first-order valence-corrected chi connectivity index (χ1v) is 18.4. The van der Waals surface area contributed by atoms with Gasteiger partial charge in [-0.05, 0) is 89.6 Å². The average molecular weight is 719 g/mol. The summed E-state index contributed by atoms with van der Waals surface area (Å²) in [4.78, 5) is 25.4. The van der Waals surface area contributed by atoms with Gasteiger partial charge in [0.2, 0.25) is 0 Å². The Kier molecular flexibility index (Phi) is 7.35. The van der Waals surface area contributed by atoms with Crippen molar-refractivity contribution in [2.75, 3.05) is 4.90 Å². The number of para-hydroxylation sites is 1. The molecule has 262 valence electrons. The van der Waals surface area contributed by atoms with E-state index in [-0.39, 0.29) is 0 Å². The van der Waals surface area contributed by atoms with Crippen LogP contribution in [0.5, 0.6) is 0 Å². The van der Waals surface area contributed by atoms with Crippen LogP contribution >= 0.6 is 0 Å². The lowest BCUT2D eigenvalue weighted by Gasteiger charge is -2.26. The largest absolute Gasteiger partial charge is 0.454 e. The number of rotatable bonds is 6. The van der Waals surface area contributed by atoms with Crippen LogP contribution < -0.4 is 4.90 Å². The third-order valence-corrected chi connectivity index (χ3v) is 10.5. The molecular formula is C49H30N6O. The lowest BCUT2D eigenvalue weighted by atomic mass is 10.0. The van der Waals surface area contributed by atoms with Gasteiger partial charge in [-0.3, -0.25) is 15.0 Å². The summed E-state index contributed by atoms with van der Waals surface area (Å²) in [6.07, 6.45) is 9.06. The first-order valence-electron chi connectivity index (χ1n) is 18.4. The van der Waals surface area contributed by atoms with E-state index < -0.39 is 0 Å². The molecule has 0 aliphatic rings. The van der Waals surface area contributed by atoms with E-state index in [1.54, 1.807) is 24.8 Å². The third-order valence-electron chi connectivity index (χ3n) is 10.5. The predicted octanol–water partition coefficient (Wildman–Crippen LogP) is 12.5. The minimum atomic E-state index is 0.800. The molecule has 6 aromatic heterocycles. The van der Waals surface area contributed by atoms with Crippen molar-refractivity contribution in [1.29, 1.82) is 0 Å². The number of fused-ring (bicyclic) bond motifs is 6. The average Bonchev–Trinajstić information content (AvgIpc) is 3.66. The van der Waals surface area contributed by atoms with E-state index in [4.69, 9.17) is 19.4 Å². The fourth-order valence-corrected chi connectivity index (χ4v) is 7.64. The number of hydrogen-bond donors (Lipinski definition) is 0. The summed E-state index contributed by atoms with van der Waals surface area (Å²) < 4.78 is 6.33. The van der Waals surface area contributed by atoms with Gasteiger partial charge < -0.3 is 9.32 Å². The molecule has 0 aliphatic heterocycles. The molecule has 11 rings (SSSR count). The van der Waals surface area contributed by atoms with Crippen LogP contribution in [-0.4, -0.2) is 24.9 Å². The Morgan fingerprint density at radius 1 is 0.429 bits per heavy atom. The van der Waals surface area contributed by atoms with Crippen LogP contribution in [0.15, 0.2) is 187 Å². The van der Waals surface area contributed by atoms with Crippen LogP contribution in [0.3, 0.4) is 0 Å². The number of nitrogens with zero attached hydrogens (tertiary/aromatic N) is 6. The standard InChI is InChI=1S/C49H30N6O/c1-2-4-47-41(3-1)42-23-26-52-48(49(42)56-47)37-6-5-36-28-40(18-11-35(36)27-37)55(38-14-7-31(8-15-38)43-19-12-33-21-24-50-29-45(33)53-43)39-16-9-32(10-17-39)44-20-13-34-22-25-51-30-46(34)54-44/h1-30H. The zero-order chi connectivity index (χ0) is 37.0. The van der Waals surface area contributed by atoms with Crippen LogP contribution in [0.25, 0.3) is 88.3 Å². The molecular weight excluding hydrogens is 689 g/mol. The van der Waals surface area contributed by atoms with Crippen molar-refractivity contribution < 1.29 is 4.42 Å². The van der Waals surface area contributed by atoms with Gasteiger partial charge in [0.25, 0.3) is 0 Å². The van der Waals surface area contributed by atoms with Crippen LogP contribution in [0.1, 0.15) is 0 Å². The second kappa shape index (κ2) is 13.0. The van der Waals surface area contributed by atoms with E-state index in [1.807, 2.05) is 42.6 Å². The molecule has 7 heteroatoms. The SMILES string of the molecule is c1ccc2c(c1)oc1c(-c3ccc4cc(N(c5ccc(-c6ccc7ccncc7n6)cc5)c5ccc(-c6ccc7ccncc7n6)cc5)ccc4c3)nccc12. The van der Waals surface area contributed by atoms with Gasteiger partial charge in [0.15, 0.2) is 5.58 Å². The fourth-order valence-electron chi connectivity index (χ4n) is 7.64. The van der Waals surface area contributed by atoms with Crippen LogP contribution in [0, 0.1) is 0 Å². The number of hydrogen-bond acceptors (Lipinski definition) is 7. The molecule has 0 N–H and O–H groups in total. The maximum Gasteiger partial charge on any atom is 0.161 e. The maximum atomic E-state index is 6.33. The molecule has 0 spiro atoms. The molecule has 0 saturated carbocycles. The third kappa shape index (κ3) is 5.49. The number of benzene rings is 5. The highest BCUT2D eigenvalue weighted by molar-refractivity contribution is 6.09. The van der Waals surface area contributed by atoms with Crippen molar-refractivity contribution in [2.45, 2.75) is 0 Å².